The van der Waals surface area contributed by atoms with Gasteiger partial charge >= 0.3 is 0 Å². The lowest BCUT2D eigenvalue weighted by Crippen LogP contribution is -2.39. The quantitative estimate of drug-likeness (QED) is 0.811. The number of hydrogen-bond donors (Lipinski definition) is 2. The molecule has 0 atom stereocenters. The van der Waals surface area contributed by atoms with Gasteiger partial charge < -0.3 is 5.32 Å². The highest BCUT2D eigenvalue weighted by atomic mass is 32.2. The van der Waals surface area contributed by atoms with Gasteiger partial charge in [-0.1, -0.05) is 6.42 Å². The summed E-state index contributed by atoms with van der Waals surface area (Å²) < 4.78 is 26.4. The fraction of sp³-hybridized carbons (Fsp3) is 0.600. The minimum atomic E-state index is -3.45. The van der Waals surface area contributed by atoms with Crippen LogP contribution in [0.1, 0.15) is 26.2 Å². The number of hydrogen-bond acceptors (Lipinski definition) is 5. The Bertz CT molecular complexity index is 468. The molecule has 0 amide bonds. The van der Waals surface area contributed by atoms with E-state index in [2.05, 4.69) is 20.0 Å². The van der Waals surface area contributed by atoms with Crippen molar-refractivity contribution in [3.63, 3.8) is 0 Å². The van der Waals surface area contributed by atoms with E-state index in [9.17, 15) is 8.42 Å². The summed E-state index contributed by atoms with van der Waals surface area (Å²) in [6, 6.07) is 0.0773. The Morgan fingerprint density at radius 1 is 1.35 bits per heavy atom. The topological polar surface area (TPSA) is 84.0 Å². The smallest absolute Gasteiger partial charge is 0.243 e. The predicted molar refractivity (Wildman–Crippen MR) is 64.2 cm³/mol. The van der Waals surface area contributed by atoms with Gasteiger partial charge in [0.2, 0.25) is 16.0 Å². The molecule has 0 radical (unpaired) electrons. The zero-order valence-electron chi connectivity index (χ0n) is 9.68. The lowest BCUT2D eigenvalue weighted by Gasteiger charge is -2.25. The molecule has 94 valence electrons. The lowest BCUT2D eigenvalue weighted by atomic mass is 9.94. The average molecular weight is 256 g/mol. The van der Waals surface area contributed by atoms with Gasteiger partial charge in [0.05, 0.1) is 12.4 Å². The van der Waals surface area contributed by atoms with Gasteiger partial charge in [-0.15, -0.1) is 0 Å². The van der Waals surface area contributed by atoms with Crippen LogP contribution in [0.15, 0.2) is 17.3 Å². The molecule has 0 aromatic carbocycles. The van der Waals surface area contributed by atoms with E-state index in [4.69, 9.17) is 0 Å². The van der Waals surface area contributed by atoms with Crippen LogP contribution in [0.5, 0.6) is 0 Å². The van der Waals surface area contributed by atoms with Crippen LogP contribution in [0.25, 0.3) is 0 Å². The molecule has 0 saturated heterocycles. The van der Waals surface area contributed by atoms with Gasteiger partial charge in [-0.3, -0.25) is 0 Å². The molecule has 2 rings (SSSR count). The molecular weight excluding hydrogens is 240 g/mol. The van der Waals surface area contributed by atoms with Gasteiger partial charge in [-0.05, 0) is 19.8 Å². The molecule has 0 unspecified atom stereocenters. The van der Waals surface area contributed by atoms with Crippen LogP contribution in [0.2, 0.25) is 0 Å². The number of rotatable bonds is 5. The van der Waals surface area contributed by atoms with E-state index in [1.54, 1.807) is 0 Å². The van der Waals surface area contributed by atoms with Gasteiger partial charge in [0.25, 0.3) is 0 Å². The van der Waals surface area contributed by atoms with Crippen LogP contribution in [0.4, 0.5) is 5.95 Å². The van der Waals surface area contributed by atoms with Crippen LogP contribution < -0.4 is 10.0 Å². The summed E-state index contributed by atoms with van der Waals surface area (Å²) in [5.41, 5.74) is 0. The average Bonchev–Trinajstić information content (AvgIpc) is 2.25. The van der Waals surface area contributed by atoms with Crippen LogP contribution in [0.3, 0.4) is 0 Å². The maximum absolute atomic E-state index is 11.9. The van der Waals surface area contributed by atoms with Crippen molar-refractivity contribution < 1.29 is 8.42 Å². The molecule has 2 N–H and O–H groups in total. The monoisotopic (exact) mass is 256 g/mol. The number of anilines is 1. The third kappa shape index (κ3) is 2.92. The number of nitrogens with one attached hydrogen (secondary N) is 2. The van der Waals surface area contributed by atoms with Crippen molar-refractivity contribution in [2.75, 3.05) is 11.9 Å². The van der Waals surface area contributed by atoms with E-state index < -0.39 is 10.0 Å². The summed E-state index contributed by atoms with van der Waals surface area (Å²) in [5, 5.41) is 2.91. The summed E-state index contributed by atoms with van der Waals surface area (Å²) in [5.74, 6) is 0.440. The molecule has 6 nitrogen and oxygen atoms in total. The molecule has 17 heavy (non-hydrogen) atoms. The summed E-state index contributed by atoms with van der Waals surface area (Å²) in [4.78, 5) is 8.01. The van der Waals surface area contributed by atoms with Crippen LogP contribution in [-0.4, -0.2) is 31.0 Å². The Morgan fingerprint density at radius 3 is 2.47 bits per heavy atom. The second-order valence-electron chi connectivity index (χ2n) is 4.02. The summed E-state index contributed by atoms with van der Waals surface area (Å²) >= 11 is 0. The first kappa shape index (κ1) is 12.3. The van der Waals surface area contributed by atoms with Crippen molar-refractivity contribution in [1.82, 2.24) is 14.7 Å². The molecule has 1 aliphatic carbocycles. The lowest BCUT2D eigenvalue weighted by molar-refractivity contribution is 0.383. The summed E-state index contributed by atoms with van der Waals surface area (Å²) in [7, 11) is -3.45. The fourth-order valence-electron chi connectivity index (χ4n) is 1.52. The Labute approximate surface area is 101 Å². The van der Waals surface area contributed by atoms with Gasteiger partial charge in [-0.2, -0.15) is 0 Å². The van der Waals surface area contributed by atoms with Gasteiger partial charge in [0.15, 0.2) is 0 Å². The Balaban J connectivity index is 2.09. The van der Waals surface area contributed by atoms with Gasteiger partial charge in [0, 0.05) is 12.6 Å². The van der Waals surface area contributed by atoms with E-state index >= 15 is 0 Å². The molecule has 0 spiro atoms. The maximum Gasteiger partial charge on any atom is 0.243 e. The van der Waals surface area contributed by atoms with E-state index in [0.717, 1.165) is 19.3 Å². The van der Waals surface area contributed by atoms with Crippen molar-refractivity contribution in [3.05, 3.63) is 12.4 Å². The van der Waals surface area contributed by atoms with Crippen molar-refractivity contribution in [2.45, 2.75) is 37.1 Å². The second kappa shape index (κ2) is 4.97. The van der Waals surface area contributed by atoms with Gasteiger partial charge in [-0.25, -0.2) is 23.1 Å². The Hall–Kier alpha value is -1.21. The van der Waals surface area contributed by atoms with Crippen LogP contribution >= 0.6 is 0 Å². The zero-order valence-corrected chi connectivity index (χ0v) is 10.5. The molecule has 1 heterocycles. The largest absolute Gasteiger partial charge is 0.355 e. The number of aromatic nitrogens is 2. The molecule has 1 aliphatic rings. The molecular formula is C10H16N4O2S. The van der Waals surface area contributed by atoms with E-state index in [1.807, 2.05) is 6.92 Å². The number of nitrogens with zero attached hydrogens (tertiary/aromatic N) is 2. The first-order valence-corrected chi connectivity index (χ1v) is 7.18. The van der Waals surface area contributed by atoms with Crippen molar-refractivity contribution >= 4 is 16.0 Å². The highest BCUT2D eigenvalue weighted by Gasteiger charge is 2.25. The standard InChI is InChI=1S/C10H16N4O2S/c1-2-11-10-12-6-9(7-13-10)17(15,16)14-8-4-3-5-8/h6-8,14H,2-5H2,1H3,(H,11,12,13). The predicted octanol–water partition coefficient (Wildman–Crippen LogP) is 0.739. The van der Waals surface area contributed by atoms with E-state index in [-0.39, 0.29) is 10.9 Å². The minimum absolute atomic E-state index is 0.0773. The van der Waals surface area contributed by atoms with Crippen molar-refractivity contribution in [3.8, 4) is 0 Å². The second-order valence-corrected chi connectivity index (χ2v) is 5.74. The van der Waals surface area contributed by atoms with E-state index in [0.29, 0.717) is 12.5 Å². The third-order valence-corrected chi connectivity index (χ3v) is 4.18. The maximum atomic E-state index is 11.9. The van der Waals surface area contributed by atoms with Crippen LogP contribution in [0, 0.1) is 0 Å². The highest BCUT2D eigenvalue weighted by Crippen LogP contribution is 2.20. The van der Waals surface area contributed by atoms with E-state index in [1.165, 1.54) is 12.4 Å². The first-order chi connectivity index (χ1) is 8.12. The van der Waals surface area contributed by atoms with Crippen LogP contribution in [-0.2, 0) is 10.0 Å². The zero-order chi connectivity index (χ0) is 12.3. The Kier molecular flexibility index (Phi) is 3.58. The highest BCUT2D eigenvalue weighted by molar-refractivity contribution is 7.89. The Morgan fingerprint density at radius 2 is 2.00 bits per heavy atom. The summed E-state index contributed by atoms with van der Waals surface area (Å²) in [6.45, 7) is 2.62. The van der Waals surface area contributed by atoms with Gasteiger partial charge in [0.1, 0.15) is 4.90 Å². The fourth-order valence-corrected chi connectivity index (χ4v) is 2.71. The molecule has 7 heteroatoms. The molecule has 1 fully saturated rings. The molecule has 0 aliphatic heterocycles. The number of sulfonamides is 1. The summed E-state index contributed by atoms with van der Waals surface area (Å²) in [6.07, 6.45) is 5.56. The van der Waals surface area contributed by atoms with Crippen molar-refractivity contribution in [2.24, 2.45) is 0 Å². The minimum Gasteiger partial charge on any atom is -0.355 e. The molecule has 0 bridgehead atoms. The molecule has 1 aromatic heterocycles. The first-order valence-electron chi connectivity index (χ1n) is 5.70. The normalized spacial score (nSPS) is 16.5. The molecule has 1 aromatic rings. The molecule has 1 saturated carbocycles. The SMILES string of the molecule is CCNc1ncc(S(=O)(=O)NC2CCC2)cn1. The van der Waals surface area contributed by atoms with Crippen molar-refractivity contribution in [1.29, 1.82) is 0 Å². The third-order valence-electron chi connectivity index (χ3n) is 2.70.